The van der Waals surface area contributed by atoms with Gasteiger partial charge in [-0.2, -0.15) is 4.98 Å². The first-order valence-electron chi connectivity index (χ1n) is 10.9. The van der Waals surface area contributed by atoms with Crippen LogP contribution in [0.4, 0.5) is 10.3 Å². The van der Waals surface area contributed by atoms with Crippen molar-refractivity contribution in [2.24, 2.45) is 5.73 Å². The standard InChI is InChI=1S/C24H25ClFN5O2S/c1-3-4-12-34-24-29-23-28-14(2)20(22(27)32)21(31(23)30-24)15-8-10-16(11-9-15)33-13-17-18(25)6-5-7-19(17)26/h5-11,21H,3-4,12-13H2,1-2H3,(H2,27,32)(H,28,29,30). The van der Waals surface area contributed by atoms with Gasteiger partial charge in [-0.15, -0.1) is 5.10 Å². The van der Waals surface area contributed by atoms with Gasteiger partial charge in [-0.05, 0) is 43.2 Å². The van der Waals surface area contributed by atoms with E-state index in [-0.39, 0.29) is 6.61 Å². The Labute approximate surface area is 206 Å². The molecule has 0 fully saturated rings. The number of amides is 1. The molecule has 0 spiro atoms. The van der Waals surface area contributed by atoms with Crippen molar-refractivity contribution in [1.82, 2.24) is 14.8 Å². The summed E-state index contributed by atoms with van der Waals surface area (Å²) in [6.07, 6.45) is 2.15. The van der Waals surface area contributed by atoms with E-state index in [1.54, 1.807) is 47.6 Å². The second-order valence-corrected chi connectivity index (χ2v) is 9.32. The molecule has 10 heteroatoms. The van der Waals surface area contributed by atoms with Crippen molar-refractivity contribution in [3.63, 3.8) is 0 Å². The molecule has 3 N–H and O–H groups in total. The van der Waals surface area contributed by atoms with Gasteiger partial charge >= 0.3 is 0 Å². The quantitative estimate of drug-likeness (QED) is 0.304. The lowest BCUT2D eigenvalue weighted by atomic mass is 9.95. The van der Waals surface area contributed by atoms with Gasteiger partial charge in [0, 0.05) is 17.0 Å². The summed E-state index contributed by atoms with van der Waals surface area (Å²) in [5.74, 6) is 1.05. The molecule has 34 heavy (non-hydrogen) atoms. The second kappa shape index (κ2) is 10.5. The Morgan fingerprint density at radius 3 is 2.74 bits per heavy atom. The number of anilines is 1. The summed E-state index contributed by atoms with van der Waals surface area (Å²) in [5.41, 5.74) is 7.88. The topological polar surface area (TPSA) is 95.1 Å². The summed E-state index contributed by atoms with van der Waals surface area (Å²) in [7, 11) is 0. The van der Waals surface area contributed by atoms with Gasteiger partial charge in [0.25, 0.3) is 0 Å². The zero-order valence-corrected chi connectivity index (χ0v) is 20.4. The largest absolute Gasteiger partial charge is 0.489 e. The molecule has 4 rings (SSSR count). The third-order valence-electron chi connectivity index (χ3n) is 5.47. The summed E-state index contributed by atoms with van der Waals surface area (Å²) >= 11 is 7.66. The number of fused-ring (bicyclic) bond motifs is 1. The molecule has 1 aliphatic heterocycles. The Morgan fingerprint density at radius 2 is 2.06 bits per heavy atom. The Hall–Kier alpha value is -3.04. The van der Waals surface area contributed by atoms with Crippen LogP contribution in [-0.4, -0.2) is 26.4 Å². The molecule has 0 radical (unpaired) electrons. The lowest BCUT2D eigenvalue weighted by Gasteiger charge is -2.27. The highest BCUT2D eigenvalue weighted by molar-refractivity contribution is 7.99. The smallest absolute Gasteiger partial charge is 0.248 e. The minimum Gasteiger partial charge on any atom is -0.489 e. The lowest BCUT2D eigenvalue weighted by Crippen LogP contribution is -2.31. The van der Waals surface area contributed by atoms with Gasteiger partial charge in [0.1, 0.15) is 24.2 Å². The first kappa shape index (κ1) is 24.1. The number of thioether (sulfide) groups is 1. The number of ether oxygens (including phenoxy) is 1. The van der Waals surface area contributed by atoms with E-state index in [0.717, 1.165) is 24.2 Å². The predicted molar refractivity (Wildman–Crippen MR) is 131 cm³/mol. The maximum Gasteiger partial charge on any atom is 0.248 e. The van der Waals surface area contributed by atoms with Crippen molar-refractivity contribution < 1.29 is 13.9 Å². The summed E-state index contributed by atoms with van der Waals surface area (Å²) < 4.78 is 21.5. The molecule has 0 bridgehead atoms. The number of aromatic nitrogens is 3. The summed E-state index contributed by atoms with van der Waals surface area (Å²) in [6.45, 7) is 3.93. The number of hydrogen-bond acceptors (Lipinski definition) is 6. The van der Waals surface area contributed by atoms with Crippen molar-refractivity contribution in [3.05, 3.63) is 75.7 Å². The van der Waals surface area contributed by atoms with Crippen LogP contribution in [0, 0.1) is 5.82 Å². The molecule has 0 aliphatic carbocycles. The van der Waals surface area contributed by atoms with Gasteiger partial charge < -0.3 is 15.8 Å². The van der Waals surface area contributed by atoms with E-state index in [4.69, 9.17) is 22.1 Å². The Kier molecular flexibility index (Phi) is 7.43. The van der Waals surface area contributed by atoms with Crippen LogP contribution in [0.2, 0.25) is 5.02 Å². The predicted octanol–water partition coefficient (Wildman–Crippen LogP) is 5.32. The number of allylic oxidation sites excluding steroid dienone is 1. The van der Waals surface area contributed by atoms with Crippen LogP contribution in [0.3, 0.4) is 0 Å². The number of benzene rings is 2. The first-order chi connectivity index (χ1) is 16.4. The molecule has 7 nitrogen and oxygen atoms in total. The van der Waals surface area contributed by atoms with Crippen molar-refractivity contribution >= 4 is 35.2 Å². The number of unbranched alkanes of at least 4 members (excludes halogenated alkanes) is 1. The zero-order chi connectivity index (χ0) is 24.2. The van der Waals surface area contributed by atoms with Crippen LogP contribution in [0.25, 0.3) is 0 Å². The summed E-state index contributed by atoms with van der Waals surface area (Å²) in [6, 6.07) is 11.2. The van der Waals surface area contributed by atoms with Gasteiger partial charge in [0.2, 0.25) is 17.0 Å². The number of nitrogens with zero attached hydrogens (tertiary/aromatic N) is 3. The van der Waals surface area contributed by atoms with E-state index >= 15 is 0 Å². The van der Waals surface area contributed by atoms with Crippen molar-refractivity contribution in [2.45, 2.75) is 44.5 Å². The van der Waals surface area contributed by atoms with E-state index < -0.39 is 17.8 Å². The zero-order valence-electron chi connectivity index (χ0n) is 18.8. The molecule has 1 amide bonds. The molecule has 1 aromatic heterocycles. The molecule has 3 aromatic rings. The van der Waals surface area contributed by atoms with Gasteiger partial charge in [-0.25, -0.2) is 9.07 Å². The second-order valence-electron chi connectivity index (χ2n) is 7.85. The molecule has 1 aliphatic rings. The number of nitrogens with two attached hydrogens (primary N) is 1. The molecule has 0 saturated carbocycles. The molecule has 0 saturated heterocycles. The monoisotopic (exact) mass is 501 g/mol. The number of primary amides is 1. The Morgan fingerprint density at radius 1 is 1.29 bits per heavy atom. The van der Waals surface area contributed by atoms with E-state index in [2.05, 4.69) is 22.3 Å². The number of carbonyl (C=O) groups excluding carboxylic acids is 1. The number of rotatable bonds is 9. The van der Waals surface area contributed by atoms with E-state index in [1.807, 2.05) is 12.1 Å². The SMILES string of the molecule is CCCCSc1nc2n(n1)C(c1ccc(OCc3c(F)cccc3Cl)cc1)C(C(N)=O)=C(C)N2. The third-order valence-corrected chi connectivity index (χ3v) is 6.75. The lowest BCUT2D eigenvalue weighted by molar-refractivity contribution is -0.115. The van der Waals surface area contributed by atoms with Crippen LogP contribution in [0.1, 0.15) is 43.9 Å². The first-order valence-corrected chi connectivity index (χ1v) is 12.3. The van der Waals surface area contributed by atoms with Gasteiger partial charge in [-0.1, -0.05) is 54.9 Å². The number of carbonyl (C=O) groups is 1. The highest BCUT2D eigenvalue weighted by Crippen LogP contribution is 2.36. The Balaban J connectivity index is 1.59. The minimum absolute atomic E-state index is 0.00465. The maximum absolute atomic E-state index is 14.0. The summed E-state index contributed by atoms with van der Waals surface area (Å²) in [5, 5.41) is 8.74. The van der Waals surface area contributed by atoms with Crippen molar-refractivity contribution in [1.29, 1.82) is 0 Å². The van der Waals surface area contributed by atoms with Gasteiger partial charge in [0.15, 0.2) is 0 Å². The van der Waals surface area contributed by atoms with Crippen LogP contribution in [0.15, 0.2) is 58.9 Å². The molecule has 1 unspecified atom stereocenters. The normalized spacial score (nSPS) is 15.1. The van der Waals surface area contributed by atoms with E-state index in [1.165, 1.54) is 6.07 Å². The van der Waals surface area contributed by atoms with Gasteiger partial charge in [0.05, 0.1) is 10.6 Å². The Bertz CT molecular complexity index is 1210. The maximum atomic E-state index is 14.0. The minimum atomic E-state index is -0.536. The number of hydrogen-bond donors (Lipinski definition) is 2. The van der Waals surface area contributed by atoms with Crippen molar-refractivity contribution in [2.75, 3.05) is 11.1 Å². The van der Waals surface area contributed by atoms with Crippen LogP contribution < -0.4 is 15.8 Å². The number of halogens is 2. The highest BCUT2D eigenvalue weighted by Gasteiger charge is 2.33. The fourth-order valence-corrected chi connectivity index (χ4v) is 4.83. The fraction of sp³-hybridized carbons (Fsp3) is 0.292. The summed E-state index contributed by atoms with van der Waals surface area (Å²) in [4.78, 5) is 16.9. The molecule has 2 heterocycles. The third kappa shape index (κ3) is 5.05. The van der Waals surface area contributed by atoms with Crippen LogP contribution in [0.5, 0.6) is 5.75 Å². The average molecular weight is 502 g/mol. The fourth-order valence-electron chi connectivity index (χ4n) is 3.70. The van der Waals surface area contributed by atoms with Crippen molar-refractivity contribution in [3.8, 4) is 5.75 Å². The van der Waals surface area contributed by atoms with E-state index in [9.17, 15) is 9.18 Å². The van der Waals surface area contributed by atoms with Gasteiger partial charge in [-0.3, -0.25) is 4.79 Å². The molecule has 178 valence electrons. The highest BCUT2D eigenvalue weighted by atomic mass is 35.5. The van der Waals surface area contributed by atoms with Crippen LogP contribution in [-0.2, 0) is 11.4 Å². The molecule has 2 aromatic carbocycles. The average Bonchev–Trinajstić information content (AvgIpc) is 3.20. The van der Waals surface area contributed by atoms with Crippen LogP contribution >= 0.6 is 23.4 Å². The van der Waals surface area contributed by atoms with E-state index in [0.29, 0.717) is 38.7 Å². The molecular weight excluding hydrogens is 477 g/mol. The molecule has 1 atom stereocenters. The number of nitrogens with one attached hydrogen (secondary N) is 1. The molecular formula is C24H25ClFN5O2S.